The monoisotopic (exact) mass is 278 g/mol. The van der Waals surface area contributed by atoms with Crippen LogP contribution in [0.25, 0.3) is 0 Å². The van der Waals surface area contributed by atoms with E-state index in [0.717, 1.165) is 12.0 Å². The summed E-state index contributed by atoms with van der Waals surface area (Å²) in [6, 6.07) is 7.08. The Morgan fingerprint density at radius 3 is 2.40 bits per heavy atom. The second-order valence-corrected chi connectivity index (χ2v) is 4.86. The lowest BCUT2D eigenvalue weighted by Crippen LogP contribution is -2.41. The van der Waals surface area contributed by atoms with Gasteiger partial charge in [-0.05, 0) is 30.9 Å². The average Bonchev–Trinajstić information content (AvgIpc) is 2.44. The molecule has 0 spiro atoms. The fourth-order valence-electron chi connectivity index (χ4n) is 1.86. The lowest BCUT2D eigenvalue weighted by atomic mass is 10.0. The maximum atomic E-state index is 11.8. The van der Waals surface area contributed by atoms with Gasteiger partial charge in [0.25, 0.3) is 0 Å². The highest BCUT2D eigenvalue weighted by molar-refractivity contribution is 5.82. The summed E-state index contributed by atoms with van der Waals surface area (Å²) in [6.07, 6.45) is 1.01. The molecule has 1 amide bonds. The predicted octanol–water partition coefficient (Wildman–Crippen LogP) is 1.62. The van der Waals surface area contributed by atoms with Gasteiger partial charge in [-0.1, -0.05) is 31.2 Å². The molecular formula is C15H22N2O3. The number of rotatable bonds is 7. The Kier molecular flexibility index (Phi) is 6.18. The van der Waals surface area contributed by atoms with Crippen molar-refractivity contribution in [2.24, 2.45) is 5.73 Å². The first-order chi connectivity index (χ1) is 9.43. The number of amides is 1. The average molecular weight is 278 g/mol. The van der Waals surface area contributed by atoms with Crippen LogP contribution in [0.3, 0.4) is 0 Å². The lowest BCUT2D eigenvalue weighted by Gasteiger charge is -2.17. The van der Waals surface area contributed by atoms with Crippen LogP contribution in [-0.4, -0.2) is 23.0 Å². The number of carbonyl (C=O) groups excluding carboxylic acids is 1. The van der Waals surface area contributed by atoms with Crippen LogP contribution in [0.15, 0.2) is 24.3 Å². The second kappa shape index (κ2) is 7.65. The summed E-state index contributed by atoms with van der Waals surface area (Å²) in [5.41, 5.74) is 7.90. The number of hydrogen-bond acceptors (Lipinski definition) is 3. The first-order valence-electron chi connectivity index (χ1n) is 6.80. The summed E-state index contributed by atoms with van der Waals surface area (Å²) in [5, 5.41) is 11.4. The Labute approximate surface area is 119 Å². The first kappa shape index (κ1) is 16.2. The summed E-state index contributed by atoms with van der Waals surface area (Å²) in [5.74, 6) is -1.27. The lowest BCUT2D eigenvalue weighted by molar-refractivity contribution is -0.137. The van der Waals surface area contributed by atoms with Crippen molar-refractivity contribution in [1.29, 1.82) is 0 Å². The van der Waals surface area contributed by atoms with Crippen LogP contribution in [-0.2, 0) is 16.0 Å². The molecule has 0 bridgehead atoms. The molecule has 1 rings (SSSR count). The number of aryl methyl sites for hydroxylation is 1. The van der Waals surface area contributed by atoms with E-state index in [4.69, 9.17) is 10.8 Å². The quantitative estimate of drug-likeness (QED) is 0.706. The zero-order chi connectivity index (χ0) is 15.1. The summed E-state index contributed by atoms with van der Waals surface area (Å²) in [7, 11) is 0. The number of carbonyl (C=O) groups is 2. The molecule has 0 aliphatic carbocycles. The number of nitrogens with one attached hydrogen (secondary N) is 1. The molecule has 4 N–H and O–H groups in total. The Hall–Kier alpha value is -1.88. The smallest absolute Gasteiger partial charge is 0.303 e. The third-order valence-corrected chi connectivity index (χ3v) is 3.25. The van der Waals surface area contributed by atoms with Crippen molar-refractivity contribution in [3.05, 3.63) is 35.4 Å². The molecule has 5 nitrogen and oxygen atoms in total. The van der Waals surface area contributed by atoms with E-state index in [2.05, 4.69) is 12.2 Å². The highest BCUT2D eigenvalue weighted by atomic mass is 16.4. The summed E-state index contributed by atoms with van der Waals surface area (Å²) >= 11 is 0. The summed E-state index contributed by atoms with van der Waals surface area (Å²) in [4.78, 5) is 22.3. The number of carboxylic acid groups (broad SMARTS) is 1. The zero-order valence-corrected chi connectivity index (χ0v) is 11.9. The first-order valence-corrected chi connectivity index (χ1v) is 6.80. The molecular weight excluding hydrogens is 256 g/mol. The van der Waals surface area contributed by atoms with Gasteiger partial charge in [0.2, 0.25) is 5.91 Å². The van der Waals surface area contributed by atoms with E-state index in [1.807, 2.05) is 31.2 Å². The van der Waals surface area contributed by atoms with Gasteiger partial charge in [-0.25, -0.2) is 0 Å². The van der Waals surface area contributed by atoms with Crippen LogP contribution < -0.4 is 11.1 Å². The van der Waals surface area contributed by atoms with Crippen molar-refractivity contribution in [2.45, 2.75) is 45.2 Å². The molecule has 2 atom stereocenters. The summed E-state index contributed by atoms with van der Waals surface area (Å²) < 4.78 is 0. The third kappa shape index (κ3) is 5.01. The van der Waals surface area contributed by atoms with E-state index < -0.39 is 12.0 Å². The highest BCUT2D eigenvalue weighted by Crippen LogP contribution is 2.14. The molecule has 20 heavy (non-hydrogen) atoms. The van der Waals surface area contributed by atoms with Crippen molar-refractivity contribution in [3.8, 4) is 0 Å². The molecule has 110 valence electrons. The van der Waals surface area contributed by atoms with Crippen LogP contribution in [0.4, 0.5) is 0 Å². The number of benzene rings is 1. The fourth-order valence-corrected chi connectivity index (χ4v) is 1.86. The predicted molar refractivity (Wildman–Crippen MR) is 77.2 cm³/mol. The number of aliphatic carboxylic acids is 1. The maximum absolute atomic E-state index is 11.8. The standard InChI is InChI=1S/C15H22N2O3/c1-3-11-4-6-12(7-5-11)10(2)17-15(20)13(16)8-9-14(18)19/h4-7,10,13H,3,8-9,16H2,1-2H3,(H,17,20)(H,18,19). The molecule has 0 saturated carbocycles. The van der Waals surface area contributed by atoms with Gasteiger partial charge >= 0.3 is 5.97 Å². The molecule has 0 heterocycles. The molecule has 2 unspecified atom stereocenters. The Balaban J connectivity index is 2.53. The second-order valence-electron chi connectivity index (χ2n) is 4.86. The van der Waals surface area contributed by atoms with Crippen molar-refractivity contribution in [2.75, 3.05) is 0 Å². The van der Waals surface area contributed by atoms with Gasteiger partial charge < -0.3 is 16.2 Å². The van der Waals surface area contributed by atoms with Crippen molar-refractivity contribution in [3.63, 3.8) is 0 Å². The van der Waals surface area contributed by atoms with Gasteiger partial charge in [-0.2, -0.15) is 0 Å². The molecule has 0 fully saturated rings. The molecule has 0 aromatic heterocycles. The Morgan fingerprint density at radius 2 is 1.90 bits per heavy atom. The van der Waals surface area contributed by atoms with E-state index in [1.165, 1.54) is 5.56 Å². The van der Waals surface area contributed by atoms with E-state index in [1.54, 1.807) is 0 Å². The SMILES string of the molecule is CCc1ccc(C(C)NC(=O)C(N)CCC(=O)O)cc1. The third-order valence-electron chi connectivity index (χ3n) is 3.25. The van der Waals surface area contributed by atoms with Gasteiger partial charge in [-0.15, -0.1) is 0 Å². The van der Waals surface area contributed by atoms with Crippen LogP contribution in [0.2, 0.25) is 0 Å². The summed E-state index contributed by atoms with van der Waals surface area (Å²) in [6.45, 7) is 3.96. The number of nitrogens with two attached hydrogens (primary N) is 1. The van der Waals surface area contributed by atoms with Gasteiger partial charge in [0.15, 0.2) is 0 Å². The van der Waals surface area contributed by atoms with E-state index in [0.29, 0.717) is 0 Å². The largest absolute Gasteiger partial charge is 0.481 e. The topological polar surface area (TPSA) is 92.4 Å². The Morgan fingerprint density at radius 1 is 1.30 bits per heavy atom. The minimum atomic E-state index is -0.948. The molecule has 0 aliphatic rings. The molecule has 1 aromatic carbocycles. The van der Waals surface area contributed by atoms with Crippen molar-refractivity contribution in [1.82, 2.24) is 5.32 Å². The van der Waals surface area contributed by atoms with Crippen LogP contribution >= 0.6 is 0 Å². The maximum Gasteiger partial charge on any atom is 0.303 e. The van der Waals surface area contributed by atoms with Crippen molar-refractivity contribution < 1.29 is 14.7 Å². The number of hydrogen-bond donors (Lipinski definition) is 3. The van der Waals surface area contributed by atoms with Crippen LogP contribution in [0, 0.1) is 0 Å². The molecule has 0 saturated heterocycles. The van der Waals surface area contributed by atoms with Gasteiger partial charge in [0, 0.05) is 6.42 Å². The van der Waals surface area contributed by atoms with E-state index >= 15 is 0 Å². The van der Waals surface area contributed by atoms with Crippen LogP contribution in [0.1, 0.15) is 43.9 Å². The fraction of sp³-hybridized carbons (Fsp3) is 0.467. The molecule has 0 radical (unpaired) electrons. The van der Waals surface area contributed by atoms with E-state index in [-0.39, 0.29) is 24.8 Å². The Bertz CT molecular complexity index is 457. The normalized spacial score (nSPS) is 13.6. The molecule has 5 heteroatoms. The molecule has 0 aliphatic heterocycles. The number of carboxylic acids is 1. The van der Waals surface area contributed by atoms with Crippen LogP contribution in [0.5, 0.6) is 0 Å². The van der Waals surface area contributed by atoms with E-state index in [9.17, 15) is 9.59 Å². The van der Waals surface area contributed by atoms with Gasteiger partial charge in [0.1, 0.15) is 0 Å². The minimum absolute atomic E-state index is 0.103. The minimum Gasteiger partial charge on any atom is -0.481 e. The highest BCUT2D eigenvalue weighted by Gasteiger charge is 2.17. The van der Waals surface area contributed by atoms with Crippen molar-refractivity contribution >= 4 is 11.9 Å². The molecule has 1 aromatic rings. The van der Waals surface area contributed by atoms with Gasteiger partial charge in [0.05, 0.1) is 12.1 Å². The zero-order valence-electron chi connectivity index (χ0n) is 11.9. The van der Waals surface area contributed by atoms with Gasteiger partial charge in [-0.3, -0.25) is 9.59 Å².